The van der Waals surface area contributed by atoms with Crippen LogP contribution in [0.3, 0.4) is 0 Å². The summed E-state index contributed by atoms with van der Waals surface area (Å²) in [6.45, 7) is 0. The van der Waals surface area contributed by atoms with E-state index in [-0.39, 0.29) is 0 Å². The van der Waals surface area contributed by atoms with Gasteiger partial charge >= 0.3 is 0 Å². The van der Waals surface area contributed by atoms with Gasteiger partial charge in [0.2, 0.25) is 0 Å². The topological polar surface area (TPSA) is 20.2 Å². The molecule has 0 aliphatic carbocycles. The van der Waals surface area contributed by atoms with Crippen molar-refractivity contribution in [1.82, 2.24) is 0 Å². The molecule has 1 nitrogen and oxygen atoms in total. The first kappa shape index (κ1) is 9.84. The van der Waals surface area contributed by atoms with Gasteiger partial charge in [-0.1, -0.05) is 11.6 Å². The maximum Gasteiger partial charge on any atom is 0.0931 e. The third kappa shape index (κ3) is 2.40. The Kier molecular flexibility index (Phi) is 2.88. The van der Waals surface area contributed by atoms with Crippen LogP contribution in [-0.4, -0.2) is 22.2 Å². The van der Waals surface area contributed by atoms with Gasteiger partial charge in [0, 0.05) is 17.1 Å². The molecule has 2 rings (SSSR count). The van der Waals surface area contributed by atoms with E-state index in [1.54, 1.807) is 11.3 Å². The smallest absolute Gasteiger partial charge is 0.0931 e. The summed E-state index contributed by atoms with van der Waals surface area (Å²) in [5.41, 5.74) is -0.473. The minimum atomic E-state index is -0.473. The summed E-state index contributed by atoms with van der Waals surface area (Å²) in [5.74, 6) is 1.94. The molecule has 0 amide bonds. The molecule has 1 aliphatic heterocycles. The number of thiophene rings is 1. The van der Waals surface area contributed by atoms with Crippen molar-refractivity contribution in [2.45, 2.75) is 18.4 Å². The number of hydrogen-bond acceptors (Lipinski definition) is 3. The fourth-order valence-electron chi connectivity index (χ4n) is 1.51. The standard InChI is InChI=1S/C9H11ClOS2/c10-8-2-1-7(13-8)5-9(11)3-4-12-6-9/h1-2,11H,3-6H2. The molecule has 0 aromatic carbocycles. The lowest BCUT2D eigenvalue weighted by atomic mass is 9.98. The van der Waals surface area contributed by atoms with Crippen LogP contribution >= 0.6 is 34.7 Å². The van der Waals surface area contributed by atoms with E-state index in [9.17, 15) is 5.11 Å². The molecule has 1 fully saturated rings. The van der Waals surface area contributed by atoms with Crippen molar-refractivity contribution in [3.63, 3.8) is 0 Å². The molecule has 2 heterocycles. The zero-order chi connectivity index (χ0) is 9.31. The normalized spacial score (nSPS) is 28.2. The van der Waals surface area contributed by atoms with Crippen molar-refractivity contribution in [3.05, 3.63) is 21.3 Å². The Morgan fingerprint density at radius 2 is 2.38 bits per heavy atom. The van der Waals surface area contributed by atoms with Crippen LogP contribution in [0.2, 0.25) is 4.34 Å². The summed E-state index contributed by atoms with van der Waals surface area (Å²) in [5, 5.41) is 10.1. The number of halogens is 1. The summed E-state index contributed by atoms with van der Waals surface area (Å²) >= 11 is 9.22. The second kappa shape index (κ2) is 3.81. The van der Waals surface area contributed by atoms with Crippen molar-refractivity contribution in [3.8, 4) is 0 Å². The van der Waals surface area contributed by atoms with Gasteiger partial charge in [0.15, 0.2) is 0 Å². The van der Waals surface area contributed by atoms with Gasteiger partial charge in [-0.25, -0.2) is 0 Å². The molecular formula is C9H11ClOS2. The van der Waals surface area contributed by atoms with E-state index in [2.05, 4.69) is 0 Å². The van der Waals surface area contributed by atoms with Crippen molar-refractivity contribution in [1.29, 1.82) is 0 Å². The lowest BCUT2D eigenvalue weighted by molar-refractivity contribution is 0.0695. The fourth-order valence-corrected chi connectivity index (χ4v) is 4.03. The zero-order valence-electron chi connectivity index (χ0n) is 7.12. The molecule has 72 valence electrons. The van der Waals surface area contributed by atoms with E-state index in [1.165, 1.54) is 4.88 Å². The van der Waals surface area contributed by atoms with Crippen molar-refractivity contribution < 1.29 is 5.11 Å². The Morgan fingerprint density at radius 3 is 2.92 bits per heavy atom. The summed E-state index contributed by atoms with van der Waals surface area (Å²) < 4.78 is 0.809. The molecule has 13 heavy (non-hydrogen) atoms. The van der Waals surface area contributed by atoms with Gasteiger partial charge in [-0.15, -0.1) is 11.3 Å². The third-order valence-corrected chi connectivity index (χ3v) is 4.68. The minimum absolute atomic E-state index is 0.473. The maximum atomic E-state index is 10.1. The van der Waals surface area contributed by atoms with Gasteiger partial charge in [0.1, 0.15) is 0 Å². The third-order valence-electron chi connectivity index (χ3n) is 2.21. The first-order valence-corrected chi connectivity index (χ1v) is 6.57. The van der Waals surface area contributed by atoms with E-state index in [0.717, 1.165) is 28.7 Å². The van der Waals surface area contributed by atoms with Crippen LogP contribution in [0.15, 0.2) is 12.1 Å². The molecule has 1 unspecified atom stereocenters. The SMILES string of the molecule is OC1(Cc2ccc(Cl)s2)CCSC1. The molecule has 0 saturated carbocycles. The molecule has 0 spiro atoms. The van der Waals surface area contributed by atoms with Gasteiger partial charge < -0.3 is 5.11 Å². The Morgan fingerprint density at radius 1 is 1.54 bits per heavy atom. The summed E-state index contributed by atoms with van der Waals surface area (Å²) in [6.07, 6.45) is 1.67. The maximum absolute atomic E-state index is 10.1. The molecule has 0 radical (unpaired) electrons. The second-order valence-electron chi connectivity index (χ2n) is 3.41. The van der Waals surface area contributed by atoms with Crippen LogP contribution < -0.4 is 0 Å². The van der Waals surface area contributed by atoms with Gasteiger partial charge in [-0.05, 0) is 24.3 Å². The molecule has 0 bridgehead atoms. The monoisotopic (exact) mass is 234 g/mol. The Balaban J connectivity index is 2.04. The van der Waals surface area contributed by atoms with E-state index in [0.29, 0.717) is 0 Å². The predicted octanol–water partition coefficient (Wildman–Crippen LogP) is 2.81. The number of thioether (sulfide) groups is 1. The zero-order valence-corrected chi connectivity index (χ0v) is 9.51. The molecule has 1 aromatic heterocycles. The fraction of sp³-hybridized carbons (Fsp3) is 0.556. The van der Waals surface area contributed by atoms with E-state index in [4.69, 9.17) is 11.6 Å². The van der Waals surface area contributed by atoms with E-state index < -0.39 is 5.60 Å². The van der Waals surface area contributed by atoms with Crippen LogP contribution in [0.4, 0.5) is 0 Å². The first-order valence-electron chi connectivity index (χ1n) is 4.22. The van der Waals surface area contributed by atoms with Crippen molar-refractivity contribution in [2.75, 3.05) is 11.5 Å². The Hall–Kier alpha value is 0.300. The number of aliphatic hydroxyl groups is 1. The molecule has 4 heteroatoms. The Labute approximate surface area is 91.1 Å². The van der Waals surface area contributed by atoms with Gasteiger partial charge in [-0.3, -0.25) is 0 Å². The lowest BCUT2D eigenvalue weighted by Crippen LogP contribution is -2.30. The van der Waals surface area contributed by atoms with Crippen LogP contribution in [-0.2, 0) is 6.42 Å². The van der Waals surface area contributed by atoms with Crippen molar-refractivity contribution in [2.24, 2.45) is 0 Å². The Bertz CT molecular complexity index is 292. The van der Waals surface area contributed by atoms with Crippen LogP contribution in [0.5, 0.6) is 0 Å². The number of hydrogen-bond donors (Lipinski definition) is 1. The molecule has 1 aromatic rings. The quantitative estimate of drug-likeness (QED) is 0.849. The van der Waals surface area contributed by atoms with Crippen molar-refractivity contribution >= 4 is 34.7 Å². The van der Waals surface area contributed by atoms with Gasteiger partial charge in [0.25, 0.3) is 0 Å². The van der Waals surface area contributed by atoms with Crippen LogP contribution in [0.25, 0.3) is 0 Å². The molecular weight excluding hydrogens is 224 g/mol. The molecule has 1 N–H and O–H groups in total. The molecule has 1 aliphatic rings. The second-order valence-corrected chi connectivity index (χ2v) is 6.31. The minimum Gasteiger partial charge on any atom is -0.389 e. The predicted molar refractivity (Wildman–Crippen MR) is 59.9 cm³/mol. The van der Waals surface area contributed by atoms with Gasteiger partial charge in [0.05, 0.1) is 9.94 Å². The average molecular weight is 235 g/mol. The highest BCUT2D eigenvalue weighted by Crippen LogP contribution is 2.33. The number of rotatable bonds is 2. The van der Waals surface area contributed by atoms with E-state index in [1.807, 2.05) is 23.9 Å². The molecule has 1 saturated heterocycles. The average Bonchev–Trinajstić information content (AvgIpc) is 2.62. The van der Waals surface area contributed by atoms with Crippen LogP contribution in [0, 0.1) is 0 Å². The van der Waals surface area contributed by atoms with E-state index >= 15 is 0 Å². The summed E-state index contributed by atoms with van der Waals surface area (Å²) in [7, 11) is 0. The van der Waals surface area contributed by atoms with Gasteiger partial charge in [-0.2, -0.15) is 11.8 Å². The molecule has 1 atom stereocenters. The highest BCUT2D eigenvalue weighted by Gasteiger charge is 2.32. The largest absolute Gasteiger partial charge is 0.389 e. The highest BCUT2D eigenvalue weighted by atomic mass is 35.5. The first-order chi connectivity index (χ1) is 6.18. The lowest BCUT2D eigenvalue weighted by Gasteiger charge is -2.19. The summed E-state index contributed by atoms with van der Waals surface area (Å²) in [4.78, 5) is 1.19. The summed E-state index contributed by atoms with van der Waals surface area (Å²) in [6, 6.07) is 3.90. The van der Waals surface area contributed by atoms with Crippen LogP contribution in [0.1, 0.15) is 11.3 Å². The highest BCUT2D eigenvalue weighted by molar-refractivity contribution is 7.99.